The van der Waals surface area contributed by atoms with E-state index in [1.54, 1.807) is 0 Å². The van der Waals surface area contributed by atoms with Crippen LogP contribution >= 0.6 is 0 Å². The number of aromatic nitrogens is 2. The number of nitrogens with zero attached hydrogens (tertiary/aromatic N) is 4. The highest BCUT2D eigenvalue weighted by molar-refractivity contribution is 6.05. The molecule has 1 N–H and O–H groups in total. The zero-order chi connectivity index (χ0) is 22.7. The van der Waals surface area contributed by atoms with E-state index in [9.17, 15) is 0 Å². The molecule has 0 unspecified atom stereocenters. The number of rotatable bonds is 7. The minimum absolute atomic E-state index is 0.328. The molecule has 4 aromatic rings. The maximum atomic E-state index is 6.32. The number of para-hydroxylation sites is 1. The van der Waals surface area contributed by atoms with Gasteiger partial charge in [-0.15, -0.1) is 0 Å². The molecule has 1 aromatic carbocycles. The van der Waals surface area contributed by atoms with Crippen molar-refractivity contribution in [2.45, 2.75) is 38.3 Å². The molecule has 0 radical (unpaired) electrons. The van der Waals surface area contributed by atoms with Crippen LogP contribution in [0.25, 0.3) is 21.9 Å². The summed E-state index contributed by atoms with van der Waals surface area (Å²) >= 11 is 0. The first-order valence-corrected chi connectivity index (χ1v) is 12.7. The highest BCUT2D eigenvalue weighted by atomic mass is 16.3. The van der Waals surface area contributed by atoms with Crippen LogP contribution in [0.1, 0.15) is 42.3 Å². The molecule has 176 valence electrons. The Balaban J connectivity index is 1.30. The second-order valence-corrected chi connectivity index (χ2v) is 9.60. The molecule has 1 fully saturated rings. The number of piperazine rings is 1. The Kier molecular flexibility index (Phi) is 6.27. The largest absolute Gasteiger partial charge is 0.454 e. The molecule has 1 aliphatic carbocycles. The van der Waals surface area contributed by atoms with Gasteiger partial charge in [0.15, 0.2) is 5.58 Å². The van der Waals surface area contributed by atoms with Crippen molar-refractivity contribution >= 4 is 21.9 Å². The van der Waals surface area contributed by atoms with Crippen molar-refractivity contribution in [2.75, 3.05) is 39.3 Å². The summed E-state index contributed by atoms with van der Waals surface area (Å²) in [6.07, 6.45) is 8.52. The fraction of sp³-hybridized carbons (Fsp3) is 0.429. The first-order valence-electron chi connectivity index (χ1n) is 12.7. The molecule has 1 saturated heterocycles. The fourth-order valence-electron chi connectivity index (χ4n) is 5.73. The molecule has 34 heavy (non-hydrogen) atoms. The van der Waals surface area contributed by atoms with Crippen molar-refractivity contribution in [3.8, 4) is 0 Å². The van der Waals surface area contributed by atoms with E-state index in [0.29, 0.717) is 6.04 Å². The van der Waals surface area contributed by atoms with Gasteiger partial charge in [0.05, 0.1) is 17.4 Å². The molecule has 0 amide bonds. The van der Waals surface area contributed by atoms with Gasteiger partial charge in [0, 0.05) is 62.4 Å². The van der Waals surface area contributed by atoms with Crippen LogP contribution in [0, 0.1) is 0 Å². The van der Waals surface area contributed by atoms with Crippen LogP contribution in [0.2, 0.25) is 0 Å². The zero-order valence-corrected chi connectivity index (χ0v) is 19.7. The topological polar surface area (TPSA) is 57.4 Å². The number of fused-ring (bicyclic) bond motifs is 4. The molecule has 0 saturated carbocycles. The van der Waals surface area contributed by atoms with Gasteiger partial charge in [0.25, 0.3) is 0 Å². The summed E-state index contributed by atoms with van der Waals surface area (Å²) in [5, 5.41) is 5.78. The van der Waals surface area contributed by atoms with Gasteiger partial charge in [-0.25, -0.2) is 0 Å². The summed E-state index contributed by atoms with van der Waals surface area (Å²) in [6.45, 7) is 7.44. The molecule has 1 aliphatic heterocycles. The molecule has 4 heterocycles. The Morgan fingerprint density at radius 2 is 1.91 bits per heavy atom. The maximum Gasteiger partial charge on any atom is 0.158 e. The number of hydrogen-bond acceptors (Lipinski definition) is 6. The van der Waals surface area contributed by atoms with Crippen molar-refractivity contribution in [2.24, 2.45) is 0 Å². The summed E-state index contributed by atoms with van der Waals surface area (Å²) in [6, 6.07) is 15.0. The van der Waals surface area contributed by atoms with Gasteiger partial charge in [0.1, 0.15) is 5.58 Å². The van der Waals surface area contributed by atoms with E-state index in [4.69, 9.17) is 14.4 Å². The molecular formula is C28H33N5O. The van der Waals surface area contributed by atoms with Crippen molar-refractivity contribution < 1.29 is 4.42 Å². The Labute approximate surface area is 201 Å². The number of hydrogen-bond donors (Lipinski definition) is 1. The lowest BCUT2D eigenvalue weighted by Crippen LogP contribution is -2.44. The van der Waals surface area contributed by atoms with Gasteiger partial charge in [-0.3, -0.25) is 14.9 Å². The molecule has 6 heteroatoms. The van der Waals surface area contributed by atoms with Gasteiger partial charge in [-0.1, -0.05) is 24.3 Å². The Hall–Kier alpha value is -2.80. The molecule has 1 atom stereocenters. The van der Waals surface area contributed by atoms with Gasteiger partial charge < -0.3 is 14.6 Å². The third kappa shape index (κ3) is 4.33. The lowest BCUT2D eigenvalue weighted by Gasteiger charge is -2.35. The Morgan fingerprint density at radius 1 is 1.00 bits per heavy atom. The van der Waals surface area contributed by atoms with Crippen LogP contribution in [-0.2, 0) is 13.0 Å². The van der Waals surface area contributed by atoms with Crippen molar-refractivity contribution in [1.29, 1.82) is 0 Å². The Morgan fingerprint density at radius 3 is 2.85 bits per heavy atom. The third-order valence-electron chi connectivity index (χ3n) is 7.46. The highest BCUT2D eigenvalue weighted by Gasteiger charge is 2.28. The van der Waals surface area contributed by atoms with Crippen LogP contribution in [0.3, 0.4) is 0 Å². The predicted octanol–water partition coefficient (Wildman–Crippen LogP) is 4.55. The summed E-state index contributed by atoms with van der Waals surface area (Å²) in [4.78, 5) is 14.9. The average Bonchev–Trinajstić information content (AvgIpc) is 3.28. The third-order valence-corrected chi connectivity index (χ3v) is 7.46. The molecule has 6 rings (SSSR count). The van der Waals surface area contributed by atoms with E-state index in [2.05, 4.69) is 45.4 Å². The molecule has 3 aromatic heterocycles. The zero-order valence-electron chi connectivity index (χ0n) is 19.7. The van der Waals surface area contributed by atoms with E-state index in [-0.39, 0.29) is 0 Å². The van der Waals surface area contributed by atoms with Crippen molar-refractivity contribution in [1.82, 2.24) is 25.1 Å². The van der Waals surface area contributed by atoms with Gasteiger partial charge >= 0.3 is 0 Å². The van der Waals surface area contributed by atoms with Crippen LogP contribution in [-0.4, -0.2) is 59.0 Å². The van der Waals surface area contributed by atoms with Gasteiger partial charge in [-0.2, -0.15) is 0 Å². The number of aryl methyl sites for hydroxylation is 1. The molecule has 0 bridgehead atoms. The van der Waals surface area contributed by atoms with Crippen LogP contribution in [0.4, 0.5) is 0 Å². The smallest absolute Gasteiger partial charge is 0.158 e. The minimum atomic E-state index is 0.328. The van der Waals surface area contributed by atoms with Crippen LogP contribution in [0.15, 0.2) is 59.3 Å². The second-order valence-electron chi connectivity index (χ2n) is 9.60. The van der Waals surface area contributed by atoms with Crippen molar-refractivity contribution in [3.63, 3.8) is 0 Å². The Bertz CT molecular complexity index is 1260. The summed E-state index contributed by atoms with van der Waals surface area (Å²) in [7, 11) is 0. The average molecular weight is 456 g/mol. The fourth-order valence-corrected chi connectivity index (χ4v) is 5.73. The van der Waals surface area contributed by atoms with E-state index >= 15 is 0 Å². The summed E-state index contributed by atoms with van der Waals surface area (Å²) < 4.78 is 6.32. The normalized spacial score (nSPS) is 19.1. The number of nitrogens with one attached hydrogen (secondary N) is 1. The minimum Gasteiger partial charge on any atom is -0.454 e. The SMILES string of the molecule is c1cnc2c(c1)CCC[C@@H]2N(CCCN1CCNCC1)Cc1nccc2c1oc1ccccc12. The number of furan rings is 1. The van der Waals surface area contributed by atoms with Crippen LogP contribution in [0.5, 0.6) is 0 Å². The summed E-state index contributed by atoms with van der Waals surface area (Å²) in [5.41, 5.74) is 5.54. The monoisotopic (exact) mass is 455 g/mol. The van der Waals surface area contributed by atoms with E-state index in [0.717, 1.165) is 92.7 Å². The summed E-state index contributed by atoms with van der Waals surface area (Å²) in [5.74, 6) is 0. The van der Waals surface area contributed by atoms with E-state index in [1.165, 1.54) is 17.7 Å². The molecular weight excluding hydrogens is 422 g/mol. The maximum absolute atomic E-state index is 6.32. The van der Waals surface area contributed by atoms with E-state index in [1.807, 2.05) is 24.5 Å². The van der Waals surface area contributed by atoms with Crippen molar-refractivity contribution in [3.05, 3.63) is 71.8 Å². The van der Waals surface area contributed by atoms with Crippen LogP contribution < -0.4 is 5.32 Å². The number of pyridine rings is 2. The van der Waals surface area contributed by atoms with E-state index < -0.39 is 0 Å². The molecule has 6 nitrogen and oxygen atoms in total. The first kappa shape index (κ1) is 21.7. The second kappa shape index (κ2) is 9.82. The van der Waals surface area contributed by atoms with Gasteiger partial charge in [0.2, 0.25) is 0 Å². The lowest BCUT2D eigenvalue weighted by molar-refractivity contribution is 0.148. The quantitative estimate of drug-likeness (QED) is 0.441. The van der Waals surface area contributed by atoms with Gasteiger partial charge in [-0.05, 0) is 56.0 Å². The predicted molar refractivity (Wildman–Crippen MR) is 136 cm³/mol. The molecule has 2 aliphatic rings. The molecule has 0 spiro atoms. The number of benzene rings is 1. The standard InChI is InChI=1S/C28H33N5O/c1-2-10-26-22(8-1)23-11-13-30-24(28(23)34-26)20-33(17-5-16-32-18-14-29-15-19-32)25-9-3-6-21-7-4-12-31-27(21)25/h1-2,4,7-8,10-13,25,29H,3,5-6,9,14-20H2/t25-/m0/s1. The first-order chi connectivity index (χ1) is 16.9. The lowest BCUT2D eigenvalue weighted by atomic mass is 9.90. The highest BCUT2D eigenvalue weighted by Crippen LogP contribution is 2.35.